The summed E-state index contributed by atoms with van der Waals surface area (Å²) in [6.45, 7) is 2.59. The summed E-state index contributed by atoms with van der Waals surface area (Å²) < 4.78 is 5.57. The summed E-state index contributed by atoms with van der Waals surface area (Å²) in [6.07, 6.45) is 3.95. The Morgan fingerprint density at radius 3 is 2.52 bits per heavy atom. The topological polar surface area (TPSA) is 153 Å². The lowest BCUT2D eigenvalue weighted by molar-refractivity contribution is -0.141. The number of piperazine rings is 1. The molecule has 44 heavy (non-hydrogen) atoms. The minimum absolute atomic E-state index is 0.00190. The standard InChI is InChI=1S/C31H33ClN6O6/c32-22-5-1-6-23(17-22)34-31(43)36-25-16-20(29(41)35-24(18-28(39)40)21-4-2-10-33-19-21)8-9-26(25)37-11-13-38(14-12-37)30(42)27-7-3-15-44-27/h1-2,4-6,8-10,16-17,19,24,27H,3,7,11-15,18H2,(H,35,41)(H,39,40)(H2,34,36,43). The number of nitrogens with one attached hydrogen (secondary N) is 3. The maximum Gasteiger partial charge on any atom is 0.323 e. The lowest BCUT2D eigenvalue weighted by Crippen LogP contribution is -2.51. The van der Waals surface area contributed by atoms with Gasteiger partial charge in [-0.25, -0.2) is 4.79 Å². The van der Waals surface area contributed by atoms with Crippen molar-refractivity contribution in [3.05, 3.63) is 83.1 Å². The number of carbonyl (C=O) groups excluding carboxylic acids is 3. The minimum Gasteiger partial charge on any atom is -0.481 e. The molecule has 2 unspecified atom stereocenters. The number of pyridine rings is 1. The second-order valence-electron chi connectivity index (χ2n) is 10.5. The van der Waals surface area contributed by atoms with E-state index in [2.05, 4.69) is 20.9 Å². The first-order valence-electron chi connectivity index (χ1n) is 14.3. The molecule has 2 aliphatic rings. The van der Waals surface area contributed by atoms with Gasteiger partial charge in [0.15, 0.2) is 0 Å². The normalized spacial score (nSPS) is 17.1. The van der Waals surface area contributed by atoms with Crippen LogP contribution in [0.5, 0.6) is 0 Å². The quantitative estimate of drug-likeness (QED) is 0.278. The molecule has 12 nitrogen and oxygen atoms in total. The Bertz CT molecular complexity index is 1510. The lowest BCUT2D eigenvalue weighted by atomic mass is 10.0. The molecule has 4 amide bonds. The largest absolute Gasteiger partial charge is 0.481 e. The molecule has 0 bridgehead atoms. The number of halogens is 1. The lowest BCUT2D eigenvalue weighted by Gasteiger charge is -2.37. The number of amides is 4. The van der Waals surface area contributed by atoms with Gasteiger partial charge in [-0.15, -0.1) is 0 Å². The van der Waals surface area contributed by atoms with Crippen molar-refractivity contribution in [1.29, 1.82) is 0 Å². The number of nitrogens with zero attached hydrogens (tertiary/aromatic N) is 3. The monoisotopic (exact) mass is 620 g/mol. The molecule has 1 aromatic heterocycles. The van der Waals surface area contributed by atoms with Crippen LogP contribution in [0.2, 0.25) is 5.02 Å². The molecular weight excluding hydrogens is 588 g/mol. The summed E-state index contributed by atoms with van der Waals surface area (Å²) in [5.41, 5.74) is 2.29. The average Bonchev–Trinajstić information content (AvgIpc) is 3.56. The van der Waals surface area contributed by atoms with Crippen LogP contribution in [0.25, 0.3) is 0 Å². The fraction of sp³-hybridized carbons (Fsp3) is 0.323. The predicted octanol–water partition coefficient (Wildman–Crippen LogP) is 4.15. The van der Waals surface area contributed by atoms with Gasteiger partial charge in [-0.05, 0) is 60.9 Å². The summed E-state index contributed by atoms with van der Waals surface area (Å²) in [5, 5.41) is 18.3. The number of hydrogen-bond acceptors (Lipinski definition) is 7. The van der Waals surface area contributed by atoms with Gasteiger partial charge in [-0.1, -0.05) is 23.7 Å². The molecule has 5 rings (SSSR count). The van der Waals surface area contributed by atoms with E-state index in [9.17, 15) is 24.3 Å². The number of aliphatic carboxylic acids is 1. The van der Waals surface area contributed by atoms with E-state index < -0.39 is 23.9 Å². The van der Waals surface area contributed by atoms with Crippen molar-refractivity contribution < 1.29 is 29.0 Å². The molecule has 2 saturated heterocycles. The van der Waals surface area contributed by atoms with Crippen molar-refractivity contribution in [2.24, 2.45) is 0 Å². The van der Waals surface area contributed by atoms with Crippen molar-refractivity contribution in [2.75, 3.05) is 48.3 Å². The maximum atomic E-state index is 13.4. The Kier molecular flexibility index (Phi) is 9.93. The number of carbonyl (C=O) groups is 4. The molecule has 2 atom stereocenters. The van der Waals surface area contributed by atoms with Crippen molar-refractivity contribution in [3.8, 4) is 0 Å². The third-order valence-electron chi connectivity index (χ3n) is 7.50. The van der Waals surface area contributed by atoms with E-state index in [4.69, 9.17) is 16.3 Å². The summed E-state index contributed by atoms with van der Waals surface area (Å²) in [6, 6.07) is 13.6. The highest BCUT2D eigenvalue weighted by atomic mass is 35.5. The maximum absolute atomic E-state index is 13.4. The van der Waals surface area contributed by atoms with Gasteiger partial charge in [0.1, 0.15) is 6.10 Å². The first-order valence-corrected chi connectivity index (χ1v) is 14.7. The van der Waals surface area contributed by atoms with Crippen LogP contribution in [0.4, 0.5) is 21.9 Å². The number of hydrogen-bond donors (Lipinski definition) is 4. The number of rotatable bonds is 9. The Hall–Kier alpha value is -4.68. The van der Waals surface area contributed by atoms with Crippen LogP contribution in [-0.4, -0.2) is 77.7 Å². The SMILES string of the molecule is O=C(O)CC(NC(=O)c1ccc(N2CCN(C(=O)C3CCCO3)CC2)c(NC(=O)Nc2cccc(Cl)c2)c1)c1cccnc1. The van der Waals surface area contributed by atoms with E-state index in [1.54, 1.807) is 65.7 Å². The molecule has 2 aromatic carbocycles. The van der Waals surface area contributed by atoms with Crippen LogP contribution >= 0.6 is 11.6 Å². The number of benzene rings is 2. The first kappa shape index (κ1) is 30.8. The molecule has 2 fully saturated rings. The summed E-state index contributed by atoms with van der Waals surface area (Å²) in [5.74, 6) is -1.60. The molecule has 13 heteroatoms. The fourth-order valence-electron chi connectivity index (χ4n) is 5.30. The second-order valence-corrected chi connectivity index (χ2v) is 11.0. The molecule has 4 N–H and O–H groups in total. The highest BCUT2D eigenvalue weighted by molar-refractivity contribution is 6.30. The highest BCUT2D eigenvalue weighted by Gasteiger charge is 2.31. The average molecular weight is 621 g/mol. The zero-order chi connectivity index (χ0) is 31.1. The molecule has 2 aliphatic heterocycles. The summed E-state index contributed by atoms with van der Waals surface area (Å²) in [7, 11) is 0. The van der Waals surface area contributed by atoms with Crippen molar-refractivity contribution in [1.82, 2.24) is 15.2 Å². The molecule has 0 radical (unpaired) electrons. The number of anilines is 3. The third-order valence-corrected chi connectivity index (χ3v) is 7.73. The number of carboxylic acids is 1. The van der Waals surface area contributed by atoms with Gasteiger partial charge >= 0.3 is 12.0 Å². The fourth-order valence-corrected chi connectivity index (χ4v) is 5.49. The number of carboxylic acid groups (broad SMARTS) is 1. The summed E-state index contributed by atoms with van der Waals surface area (Å²) >= 11 is 6.06. The molecule has 3 heterocycles. The van der Waals surface area contributed by atoms with Gasteiger partial charge in [0.05, 0.1) is 23.8 Å². The Balaban J connectivity index is 1.36. The van der Waals surface area contributed by atoms with Gasteiger partial charge in [-0.2, -0.15) is 0 Å². The van der Waals surface area contributed by atoms with Crippen LogP contribution < -0.4 is 20.9 Å². The van der Waals surface area contributed by atoms with Gasteiger partial charge in [-0.3, -0.25) is 19.4 Å². The van der Waals surface area contributed by atoms with Crippen LogP contribution in [0.3, 0.4) is 0 Å². The van der Waals surface area contributed by atoms with Gasteiger partial charge in [0, 0.05) is 61.5 Å². The minimum atomic E-state index is -1.08. The first-order chi connectivity index (χ1) is 21.3. The Morgan fingerprint density at radius 2 is 1.84 bits per heavy atom. The smallest absolute Gasteiger partial charge is 0.323 e. The van der Waals surface area contributed by atoms with Crippen molar-refractivity contribution in [2.45, 2.75) is 31.4 Å². The Labute approximate surface area is 259 Å². The zero-order valence-corrected chi connectivity index (χ0v) is 24.6. The zero-order valence-electron chi connectivity index (χ0n) is 23.9. The van der Waals surface area contributed by atoms with E-state index in [1.807, 2.05) is 4.90 Å². The van der Waals surface area contributed by atoms with Crippen LogP contribution in [0, 0.1) is 0 Å². The van der Waals surface area contributed by atoms with Crippen molar-refractivity contribution in [3.63, 3.8) is 0 Å². The Morgan fingerprint density at radius 1 is 1.02 bits per heavy atom. The predicted molar refractivity (Wildman–Crippen MR) is 165 cm³/mol. The van der Waals surface area contributed by atoms with Gasteiger partial charge in [0.25, 0.3) is 11.8 Å². The second kappa shape index (κ2) is 14.2. The van der Waals surface area contributed by atoms with Gasteiger partial charge < -0.3 is 35.6 Å². The molecule has 0 aliphatic carbocycles. The van der Waals surface area contributed by atoms with Crippen LogP contribution in [0.15, 0.2) is 67.0 Å². The molecule has 0 spiro atoms. The van der Waals surface area contributed by atoms with E-state index in [0.717, 1.165) is 12.8 Å². The van der Waals surface area contributed by atoms with Crippen LogP contribution in [0.1, 0.15) is 41.2 Å². The van der Waals surface area contributed by atoms with Gasteiger partial charge in [0.2, 0.25) is 0 Å². The van der Waals surface area contributed by atoms with E-state index in [-0.39, 0.29) is 24.0 Å². The number of aromatic nitrogens is 1. The molecular formula is C31H33ClN6O6. The number of urea groups is 1. The molecule has 0 saturated carbocycles. The van der Waals surface area contributed by atoms with Crippen molar-refractivity contribution >= 4 is 52.5 Å². The highest BCUT2D eigenvalue weighted by Crippen LogP contribution is 2.30. The molecule has 3 aromatic rings. The third kappa shape index (κ3) is 7.82. The number of ether oxygens (including phenoxy) is 1. The molecule has 230 valence electrons. The van der Waals surface area contributed by atoms with Crippen LogP contribution in [-0.2, 0) is 14.3 Å². The van der Waals surface area contributed by atoms with E-state index in [1.165, 1.54) is 6.20 Å². The summed E-state index contributed by atoms with van der Waals surface area (Å²) in [4.78, 5) is 58.7. The van der Waals surface area contributed by atoms with E-state index >= 15 is 0 Å². The van der Waals surface area contributed by atoms with E-state index in [0.29, 0.717) is 60.4 Å².